The minimum atomic E-state index is -0.789. The summed E-state index contributed by atoms with van der Waals surface area (Å²) in [5.41, 5.74) is 0.893. The van der Waals surface area contributed by atoms with Gasteiger partial charge < -0.3 is 10.1 Å². The van der Waals surface area contributed by atoms with Crippen molar-refractivity contribution in [3.05, 3.63) is 34.9 Å². The van der Waals surface area contributed by atoms with Crippen LogP contribution in [0.4, 0.5) is 4.79 Å². The Labute approximate surface area is 152 Å². The predicted octanol–water partition coefficient (Wildman–Crippen LogP) is 2.11. The summed E-state index contributed by atoms with van der Waals surface area (Å²) in [6.45, 7) is 5.95. The maximum absolute atomic E-state index is 12.2. The molecule has 0 spiro atoms. The standard InChI is InChI=1S/C17H24ClN3O4/c1-4-21(11-16(23)20-17(24)25-5-2)10-15(22)19-12(3)13-7-6-8-14(18)9-13/h6-9,12H,4-5,10-11H2,1-3H3,(H,19,22)(H,20,23,24)/t12-/m0/s1. The maximum Gasteiger partial charge on any atom is 0.413 e. The summed E-state index contributed by atoms with van der Waals surface area (Å²) in [6.07, 6.45) is -0.789. The Kier molecular flexibility index (Phi) is 8.94. The Morgan fingerprint density at radius 2 is 1.88 bits per heavy atom. The number of imide groups is 1. The Morgan fingerprint density at radius 3 is 2.48 bits per heavy atom. The van der Waals surface area contributed by atoms with E-state index in [1.54, 1.807) is 24.0 Å². The lowest BCUT2D eigenvalue weighted by Gasteiger charge is -2.21. The first-order valence-corrected chi connectivity index (χ1v) is 8.47. The summed E-state index contributed by atoms with van der Waals surface area (Å²) in [4.78, 5) is 36.8. The van der Waals surface area contributed by atoms with Crippen molar-refractivity contribution < 1.29 is 19.1 Å². The highest BCUT2D eigenvalue weighted by molar-refractivity contribution is 6.30. The van der Waals surface area contributed by atoms with Crippen LogP contribution in [0.5, 0.6) is 0 Å². The van der Waals surface area contributed by atoms with Crippen LogP contribution >= 0.6 is 11.6 Å². The molecule has 1 aromatic carbocycles. The number of hydrogen-bond acceptors (Lipinski definition) is 5. The number of hydrogen-bond donors (Lipinski definition) is 2. The predicted molar refractivity (Wildman–Crippen MR) is 95.3 cm³/mol. The fraction of sp³-hybridized carbons (Fsp3) is 0.471. The molecule has 138 valence electrons. The first-order valence-electron chi connectivity index (χ1n) is 8.09. The van der Waals surface area contributed by atoms with Crippen LogP contribution in [0.1, 0.15) is 32.4 Å². The normalized spacial score (nSPS) is 11.7. The molecule has 0 aliphatic heterocycles. The van der Waals surface area contributed by atoms with Gasteiger partial charge in [-0.2, -0.15) is 0 Å². The Morgan fingerprint density at radius 1 is 1.20 bits per heavy atom. The van der Waals surface area contributed by atoms with Crippen molar-refractivity contribution in [3.63, 3.8) is 0 Å². The van der Waals surface area contributed by atoms with E-state index in [1.165, 1.54) is 0 Å². The van der Waals surface area contributed by atoms with Crippen molar-refractivity contribution in [2.45, 2.75) is 26.8 Å². The second-order valence-electron chi connectivity index (χ2n) is 5.42. The first-order chi connectivity index (χ1) is 11.8. The third kappa shape index (κ3) is 8.00. The highest BCUT2D eigenvalue weighted by Crippen LogP contribution is 2.17. The highest BCUT2D eigenvalue weighted by Gasteiger charge is 2.17. The Balaban J connectivity index is 2.49. The Bertz CT molecular complexity index is 609. The van der Waals surface area contributed by atoms with Gasteiger partial charge in [0.05, 0.1) is 25.7 Å². The van der Waals surface area contributed by atoms with Crippen LogP contribution in [-0.2, 0) is 14.3 Å². The molecule has 0 aliphatic rings. The molecule has 1 atom stereocenters. The van der Waals surface area contributed by atoms with Gasteiger partial charge in [0.15, 0.2) is 0 Å². The fourth-order valence-corrected chi connectivity index (χ4v) is 2.35. The van der Waals surface area contributed by atoms with Gasteiger partial charge in [-0.15, -0.1) is 0 Å². The number of nitrogens with one attached hydrogen (secondary N) is 2. The summed E-state index contributed by atoms with van der Waals surface area (Å²) < 4.78 is 4.64. The number of carbonyl (C=O) groups excluding carboxylic acids is 3. The zero-order valence-electron chi connectivity index (χ0n) is 14.7. The monoisotopic (exact) mass is 369 g/mol. The number of carbonyl (C=O) groups is 3. The van der Waals surface area contributed by atoms with Gasteiger partial charge in [-0.05, 0) is 38.1 Å². The number of likely N-dealkylation sites (N-methyl/N-ethyl adjacent to an activating group) is 1. The van der Waals surface area contributed by atoms with Crippen molar-refractivity contribution in [1.29, 1.82) is 0 Å². The van der Waals surface area contributed by atoms with Crippen LogP contribution in [0.2, 0.25) is 5.02 Å². The molecule has 0 unspecified atom stereocenters. The minimum Gasteiger partial charge on any atom is -0.450 e. The van der Waals surface area contributed by atoms with E-state index in [0.29, 0.717) is 11.6 Å². The van der Waals surface area contributed by atoms with E-state index in [0.717, 1.165) is 5.56 Å². The van der Waals surface area contributed by atoms with Gasteiger partial charge in [-0.1, -0.05) is 30.7 Å². The molecule has 2 N–H and O–H groups in total. The van der Waals surface area contributed by atoms with Crippen LogP contribution in [-0.4, -0.2) is 49.0 Å². The number of amides is 3. The van der Waals surface area contributed by atoms with Crippen LogP contribution in [0.3, 0.4) is 0 Å². The van der Waals surface area contributed by atoms with E-state index in [9.17, 15) is 14.4 Å². The Hall–Kier alpha value is -2.12. The molecule has 0 saturated heterocycles. The van der Waals surface area contributed by atoms with Crippen molar-refractivity contribution in [3.8, 4) is 0 Å². The summed E-state index contributed by atoms with van der Waals surface area (Å²) in [5, 5.41) is 5.56. The molecular formula is C17H24ClN3O4. The van der Waals surface area contributed by atoms with Gasteiger partial charge in [-0.3, -0.25) is 19.8 Å². The van der Waals surface area contributed by atoms with Crippen molar-refractivity contribution in [2.75, 3.05) is 26.2 Å². The second kappa shape index (κ2) is 10.7. The van der Waals surface area contributed by atoms with E-state index in [4.69, 9.17) is 11.6 Å². The summed E-state index contributed by atoms with van der Waals surface area (Å²) in [5.74, 6) is -0.741. The van der Waals surface area contributed by atoms with E-state index in [-0.39, 0.29) is 31.6 Å². The summed E-state index contributed by atoms with van der Waals surface area (Å²) >= 11 is 5.95. The average molecular weight is 370 g/mol. The van der Waals surface area contributed by atoms with Crippen LogP contribution in [0.25, 0.3) is 0 Å². The molecule has 25 heavy (non-hydrogen) atoms. The number of ether oxygens (including phenoxy) is 1. The lowest BCUT2D eigenvalue weighted by atomic mass is 10.1. The average Bonchev–Trinajstić information content (AvgIpc) is 2.54. The molecule has 1 rings (SSSR count). The third-order valence-corrected chi connectivity index (χ3v) is 3.66. The van der Waals surface area contributed by atoms with E-state index < -0.39 is 12.0 Å². The van der Waals surface area contributed by atoms with Crippen LogP contribution in [0, 0.1) is 0 Å². The molecule has 7 nitrogen and oxygen atoms in total. The molecule has 0 aliphatic carbocycles. The van der Waals surface area contributed by atoms with Gasteiger partial charge in [0.1, 0.15) is 0 Å². The molecule has 0 bridgehead atoms. The summed E-state index contributed by atoms with van der Waals surface area (Å²) in [7, 11) is 0. The highest BCUT2D eigenvalue weighted by atomic mass is 35.5. The third-order valence-electron chi connectivity index (χ3n) is 3.42. The van der Waals surface area contributed by atoms with Gasteiger partial charge in [0.25, 0.3) is 0 Å². The molecule has 8 heteroatoms. The van der Waals surface area contributed by atoms with Crippen molar-refractivity contribution >= 4 is 29.5 Å². The van der Waals surface area contributed by atoms with Gasteiger partial charge in [-0.25, -0.2) is 4.79 Å². The number of alkyl carbamates (subject to hydrolysis) is 1. The number of rotatable bonds is 8. The molecule has 0 fully saturated rings. The van der Waals surface area contributed by atoms with E-state index in [2.05, 4.69) is 15.4 Å². The molecule has 0 heterocycles. The SMILES string of the molecule is CCOC(=O)NC(=O)CN(CC)CC(=O)N[C@@H](C)c1cccc(Cl)c1. The van der Waals surface area contributed by atoms with Crippen molar-refractivity contribution in [2.24, 2.45) is 0 Å². The molecule has 0 saturated carbocycles. The molecule has 0 radical (unpaired) electrons. The zero-order valence-corrected chi connectivity index (χ0v) is 15.4. The smallest absolute Gasteiger partial charge is 0.413 e. The summed E-state index contributed by atoms with van der Waals surface area (Å²) in [6, 6.07) is 7.04. The largest absolute Gasteiger partial charge is 0.450 e. The van der Waals surface area contributed by atoms with E-state index in [1.807, 2.05) is 26.0 Å². The van der Waals surface area contributed by atoms with Gasteiger partial charge >= 0.3 is 6.09 Å². The number of nitrogens with zero attached hydrogens (tertiary/aromatic N) is 1. The van der Waals surface area contributed by atoms with Gasteiger partial charge in [0, 0.05) is 5.02 Å². The van der Waals surface area contributed by atoms with Crippen LogP contribution in [0.15, 0.2) is 24.3 Å². The quantitative estimate of drug-likeness (QED) is 0.732. The molecule has 3 amide bonds. The molecule has 1 aromatic rings. The van der Waals surface area contributed by atoms with Gasteiger partial charge in [0.2, 0.25) is 11.8 Å². The topological polar surface area (TPSA) is 87.7 Å². The van der Waals surface area contributed by atoms with E-state index >= 15 is 0 Å². The lowest BCUT2D eigenvalue weighted by molar-refractivity contribution is -0.125. The first kappa shape index (κ1) is 20.9. The number of halogens is 1. The lowest BCUT2D eigenvalue weighted by Crippen LogP contribution is -2.44. The maximum atomic E-state index is 12.2. The minimum absolute atomic E-state index is 0.0393. The van der Waals surface area contributed by atoms with Crippen LogP contribution < -0.4 is 10.6 Å². The number of benzene rings is 1. The second-order valence-corrected chi connectivity index (χ2v) is 5.85. The van der Waals surface area contributed by atoms with Crippen molar-refractivity contribution in [1.82, 2.24) is 15.5 Å². The fourth-order valence-electron chi connectivity index (χ4n) is 2.15. The zero-order chi connectivity index (χ0) is 18.8. The molecular weight excluding hydrogens is 346 g/mol. The molecule has 0 aromatic heterocycles.